The first-order chi connectivity index (χ1) is 24.1. The molecule has 0 aromatic heterocycles. The molecule has 0 aliphatic carbocycles. The van der Waals surface area contributed by atoms with Crippen LogP contribution < -0.4 is 17.2 Å². The summed E-state index contributed by atoms with van der Waals surface area (Å²) < 4.78 is 13.2. The molecule has 0 rings (SSSR count). The fourth-order valence-electron chi connectivity index (χ4n) is 3.21. The molecule has 0 radical (unpaired) electrons. The van der Waals surface area contributed by atoms with E-state index < -0.39 is 35.6 Å². The number of hydrogen-bond acceptors (Lipinski definition) is 18. The molecule has 0 aromatic carbocycles. The van der Waals surface area contributed by atoms with Crippen LogP contribution in [-0.4, -0.2) is 167 Å². The van der Waals surface area contributed by atoms with Crippen LogP contribution in [0.2, 0.25) is 0 Å². The number of amides is 3. The van der Waals surface area contributed by atoms with Crippen LogP contribution in [0, 0.1) is 0 Å². The van der Waals surface area contributed by atoms with E-state index in [1.165, 1.54) is 21.3 Å². The number of aldehydes is 3. The minimum atomic E-state index is -0.620. The molecule has 0 fully saturated rings. The van der Waals surface area contributed by atoms with Gasteiger partial charge < -0.3 is 60.5 Å². The summed E-state index contributed by atoms with van der Waals surface area (Å²) in [6.07, 6.45) is 1.33. The second-order valence-corrected chi connectivity index (χ2v) is 9.78. The predicted octanol–water partition coefficient (Wildman–Crippen LogP) is -4.52. The lowest BCUT2D eigenvalue weighted by atomic mass is 10.2. The van der Waals surface area contributed by atoms with Gasteiger partial charge >= 0.3 is 17.9 Å². The third-order valence-corrected chi connectivity index (χ3v) is 6.12. The van der Waals surface area contributed by atoms with Gasteiger partial charge in [0.05, 0.1) is 60.6 Å². The molecule has 0 heterocycles. The Hall–Kier alpha value is -5.28. The average molecular weight is 733 g/mol. The number of carbonyl (C=O) groups is 12. The minimum Gasteiger partial charge on any atom is -0.468 e. The Morgan fingerprint density at radius 3 is 0.804 bits per heavy atom. The zero-order chi connectivity index (χ0) is 39.8. The zero-order valence-corrected chi connectivity index (χ0v) is 29.0. The van der Waals surface area contributed by atoms with Crippen LogP contribution in [-0.2, 0) is 71.7 Å². The lowest BCUT2D eigenvalue weighted by Crippen LogP contribution is -2.37. The molecule has 0 saturated carbocycles. The number of nitrogens with zero attached hydrogens (tertiary/aromatic N) is 3. The van der Waals surface area contributed by atoms with Gasteiger partial charge in [-0.1, -0.05) is 0 Å². The van der Waals surface area contributed by atoms with Crippen molar-refractivity contribution in [3.63, 3.8) is 0 Å². The molecule has 0 saturated heterocycles. The van der Waals surface area contributed by atoms with Gasteiger partial charge in [-0.2, -0.15) is 0 Å². The SMILES string of the molecule is COC(=O)CN(CC=O)C(=O)CCC(=O)CN.COC(=O)CN(CC=O)C(=O)CCC(=O)CN.COC(=O)CN(CC=O)C(=O)CCC(=O)CN. The van der Waals surface area contributed by atoms with Crippen molar-refractivity contribution in [2.75, 3.05) is 80.2 Å². The van der Waals surface area contributed by atoms with E-state index in [2.05, 4.69) is 14.2 Å². The van der Waals surface area contributed by atoms with Crippen molar-refractivity contribution < 1.29 is 71.7 Å². The van der Waals surface area contributed by atoms with Crippen molar-refractivity contribution in [2.45, 2.75) is 38.5 Å². The molecule has 6 N–H and O–H groups in total. The maximum absolute atomic E-state index is 11.6. The van der Waals surface area contributed by atoms with Gasteiger partial charge in [-0.3, -0.25) is 43.2 Å². The van der Waals surface area contributed by atoms with E-state index in [4.69, 9.17) is 17.2 Å². The van der Waals surface area contributed by atoms with Gasteiger partial charge in [0.1, 0.15) is 55.8 Å². The van der Waals surface area contributed by atoms with Crippen molar-refractivity contribution >= 4 is 71.8 Å². The monoisotopic (exact) mass is 732 g/mol. The van der Waals surface area contributed by atoms with Crippen LogP contribution in [0.15, 0.2) is 0 Å². The van der Waals surface area contributed by atoms with Crippen LogP contribution in [0.25, 0.3) is 0 Å². The number of carbonyl (C=O) groups excluding carboxylic acids is 12. The average Bonchev–Trinajstić information content (AvgIpc) is 3.13. The summed E-state index contributed by atoms with van der Waals surface area (Å²) in [5, 5.41) is 0. The third-order valence-electron chi connectivity index (χ3n) is 6.12. The number of methoxy groups -OCH3 is 3. The maximum atomic E-state index is 11.6. The van der Waals surface area contributed by atoms with Crippen molar-refractivity contribution in [2.24, 2.45) is 17.2 Å². The Balaban J connectivity index is -0.000000678. The highest BCUT2D eigenvalue weighted by Crippen LogP contribution is 2.01. The summed E-state index contributed by atoms with van der Waals surface area (Å²) in [5.41, 5.74) is 15.3. The molecule has 0 aliphatic rings. The molecule has 0 bridgehead atoms. The van der Waals surface area contributed by atoms with Crippen LogP contribution in [0.1, 0.15) is 38.5 Å². The van der Waals surface area contributed by atoms with E-state index in [1.54, 1.807) is 0 Å². The number of Topliss-reactive ketones (excluding diaryl/α,β-unsaturated/α-hetero) is 3. The summed E-state index contributed by atoms with van der Waals surface area (Å²) >= 11 is 0. The maximum Gasteiger partial charge on any atom is 0.325 e. The van der Waals surface area contributed by atoms with E-state index in [0.29, 0.717) is 18.9 Å². The number of esters is 3. The molecular weight excluding hydrogens is 684 g/mol. The lowest BCUT2D eigenvalue weighted by molar-refractivity contribution is -0.147. The number of nitrogens with two attached hydrogens (primary N) is 3. The predicted molar refractivity (Wildman–Crippen MR) is 174 cm³/mol. The minimum absolute atomic E-state index is 0.00582. The summed E-state index contributed by atoms with van der Waals surface area (Å²) in [7, 11) is 3.55. The summed E-state index contributed by atoms with van der Waals surface area (Å²) in [4.78, 5) is 135. The number of hydrogen-bond donors (Lipinski definition) is 3. The Morgan fingerprint density at radius 1 is 0.431 bits per heavy atom. The van der Waals surface area contributed by atoms with Gasteiger partial charge in [-0.15, -0.1) is 0 Å². The first kappa shape index (κ1) is 50.1. The second-order valence-electron chi connectivity index (χ2n) is 9.78. The summed E-state index contributed by atoms with van der Waals surface area (Å²) in [6, 6.07) is 0. The molecule has 0 spiro atoms. The van der Waals surface area contributed by atoms with Crippen LogP contribution in [0.5, 0.6) is 0 Å². The smallest absolute Gasteiger partial charge is 0.325 e. The Bertz CT molecular complexity index is 1050. The van der Waals surface area contributed by atoms with Gasteiger partial charge in [0.15, 0.2) is 0 Å². The van der Waals surface area contributed by atoms with Crippen molar-refractivity contribution in [3.8, 4) is 0 Å². The molecule has 288 valence electrons. The molecule has 0 aromatic rings. The topological polar surface area (TPSA) is 320 Å². The zero-order valence-electron chi connectivity index (χ0n) is 29.0. The van der Waals surface area contributed by atoms with E-state index in [9.17, 15) is 57.5 Å². The van der Waals surface area contributed by atoms with Gasteiger partial charge in [-0.25, -0.2) is 0 Å². The van der Waals surface area contributed by atoms with Crippen LogP contribution in [0.4, 0.5) is 0 Å². The number of ketones is 3. The largest absolute Gasteiger partial charge is 0.468 e. The molecule has 0 atom stereocenters. The first-order valence-corrected chi connectivity index (χ1v) is 15.1. The van der Waals surface area contributed by atoms with E-state index in [0.717, 1.165) is 14.7 Å². The molecule has 21 nitrogen and oxygen atoms in total. The Labute approximate surface area is 294 Å². The van der Waals surface area contributed by atoms with E-state index >= 15 is 0 Å². The van der Waals surface area contributed by atoms with Crippen molar-refractivity contribution in [1.29, 1.82) is 0 Å². The molecule has 0 aliphatic heterocycles. The van der Waals surface area contributed by atoms with Gasteiger partial charge in [0, 0.05) is 38.5 Å². The van der Waals surface area contributed by atoms with Crippen molar-refractivity contribution in [3.05, 3.63) is 0 Å². The fourth-order valence-corrected chi connectivity index (χ4v) is 3.21. The summed E-state index contributed by atoms with van der Waals surface area (Å²) in [6.45, 7) is -1.89. The lowest BCUT2D eigenvalue weighted by Gasteiger charge is -2.18. The van der Waals surface area contributed by atoms with Gasteiger partial charge in [0.25, 0.3) is 0 Å². The van der Waals surface area contributed by atoms with E-state index in [1.807, 2.05) is 0 Å². The standard InChI is InChI=1S/3C10H16N2O5/c3*1-17-10(16)7-12(4-5-13)9(15)3-2-8(14)6-11/h3*5H,2-4,6-7,11H2,1H3. The highest BCUT2D eigenvalue weighted by atomic mass is 16.5. The normalized spacial score (nSPS) is 9.53. The second kappa shape index (κ2) is 32.0. The van der Waals surface area contributed by atoms with Crippen LogP contribution >= 0.6 is 0 Å². The molecule has 51 heavy (non-hydrogen) atoms. The highest BCUT2D eigenvalue weighted by Gasteiger charge is 2.20. The van der Waals surface area contributed by atoms with Crippen molar-refractivity contribution in [1.82, 2.24) is 14.7 Å². The van der Waals surface area contributed by atoms with Crippen LogP contribution in [0.3, 0.4) is 0 Å². The van der Waals surface area contributed by atoms with E-state index in [-0.39, 0.29) is 115 Å². The number of rotatable bonds is 24. The fraction of sp³-hybridized carbons (Fsp3) is 0.600. The van der Waals surface area contributed by atoms with Gasteiger partial charge in [-0.05, 0) is 0 Å². The molecule has 3 amide bonds. The number of ether oxygens (including phenoxy) is 3. The summed E-state index contributed by atoms with van der Waals surface area (Å²) in [5.74, 6) is -3.97. The highest BCUT2D eigenvalue weighted by molar-refractivity contribution is 5.90. The van der Waals surface area contributed by atoms with Gasteiger partial charge in [0.2, 0.25) is 17.7 Å². The molecular formula is C30H48N6O15. The first-order valence-electron chi connectivity index (χ1n) is 15.1. The Morgan fingerprint density at radius 2 is 0.647 bits per heavy atom. The quantitative estimate of drug-likeness (QED) is 0.0478. The molecule has 21 heteroatoms. The Kier molecular flexibility index (Phi) is 31.4. The third kappa shape index (κ3) is 27.3. The molecule has 0 unspecified atom stereocenters.